The lowest BCUT2D eigenvalue weighted by Gasteiger charge is -2.13. The van der Waals surface area contributed by atoms with E-state index in [0.717, 1.165) is 0 Å². The van der Waals surface area contributed by atoms with E-state index in [1.165, 1.54) is 4.90 Å². The molecule has 0 aromatic heterocycles. The lowest BCUT2D eigenvalue weighted by molar-refractivity contribution is 0.0154. The van der Waals surface area contributed by atoms with Crippen LogP contribution in [-0.2, 0) is 14.2 Å². The summed E-state index contributed by atoms with van der Waals surface area (Å²) in [6.45, 7) is 6.46. The van der Waals surface area contributed by atoms with Gasteiger partial charge < -0.3 is 14.2 Å². The average Bonchev–Trinajstić information content (AvgIpc) is 2.81. The lowest BCUT2D eigenvalue weighted by Crippen LogP contribution is -2.33. The standard InChI is InChI=1S/C17H21NO5/c1-2-8-21-10-12-23-13-11-22-9-7-18-16(19)14-5-3-4-6-15(14)17(18)20/h2-6H,1,7-13H2. The number of hydrogen-bond donors (Lipinski definition) is 0. The number of rotatable bonds is 11. The number of hydrogen-bond acceptors (Lipinski definition) is 5. The van der Waals surface area contributed by atoms with Gasteiger partial charge in [0.05, 0.1) is 57.3 Å². The van der Waals surface area contributed by atoms with Crippen LogP contribution in [0.4, 0.5) is 0 Å². The zero-order valence-electron chi connectivity index (χ0n) is 13.0. The van der Waals surface area contributed by atoms with Crippen LogP contribution in [0.1, 0.15) is 20.7 Å². The Hall–Kier alpha value is -2.02. The van der Waals surface area contributed by atoms with E-state index in [-0.39, 0.29) is 18.4 Å². The van der Waals surface area contributed by atoms with Gasteiger partial charge in [-0.2, -0.15) is 0 Å². The van der Waals surface area contributed by atoms with Gasteiger partial charge in [0, 0.05) is 0 Å². The van der Waals surface area contributed by atoms with Crippen LogP contribution in [0.3, 0.4) is 0 Å². The topological polar surface area (TPSA) is 65.1 Å². The van der Waals surface area contributed by atoms with Crippen molar-refractivity contribution in [3.63, 3.8) is 0 Å². The van der Waals surface area contributed by atoms with Gasteiger partial charge in [0.25, 0.3) is 11.8 Å². The number of imide groups is 1. The first-order valence-corrected chi connectivity index (χ1v) is 7.55. The summed E-state index contributed by atoms with van der Waals surface area (Å²) < 4.78 is 15.9. The maximum atomic E-state index is 12.1. The zero-order valence-corrected chi connectivity index (χ0v) is 13.0. The second kappa shape index (κ2) is 9.19. The molecule has 0 N–H and O–H groups in total. The smallest absolute Gasteiger partial charge is 0.261 e. The van der Waals surface area contributed by atoms with Crippen molar-refractivity contribution in [1.29, 1.82) is 0 Å². The van der Waals surface area contributed by atoms with E-state index in [1.54, 1.807) is 30.3 Å². The molecule has 0 unspecified atom stereocenters. The highest BCUT2D eigenvalue weighted by Crippen LogP contribution is 2.21. The highest BCUT2D eigenvalue weighted by molar-refractivity contribution is 6.21. The first kappa shape index (κ1) is 17.3. The molecule has 0 radical (unpaired) electrons. The predicted molar refractivity (Wildman–Crippen MR) is 84.5 cm³/mol. The SMILES string of the molecule is C=CCOCCOCCOCCN1C(=O)c2ccccc2C1=O. The highest BCUT2D eigenvalue weighted by Gasteiger charge is 2.34. The summed E-state index contributed by atoms with van der Waals surface area (Å²) in [5.74, 6) is -0.519. The van der Waals surface area contributed by atoms with Crippen LogP contribution in [0.5, 0.6) is 0 Å². The van der Waals surface area contributed by atoms with Gasteiger partial charge >= 0.3 is 0 Å². The minimum atomic E-state index is -0.259. The number of benzene rings is 1. The number of nitrogens with zero attached hydrogens (tertiary/aromatic N) is 1. The Kier molecular flexibility index (Phi) is 6.93. The van der Waals surface area contributed by atoms with Crippen molar-refractivity contribution in [3.8, 4) is 0 Å². The first-order chi connectivity index (χ1) is 11.3. The van der Waals surface area contributed by atoms with Crippen LogP contribution >= 0.6 is 0 Å². The summed E-state index contributed by atoms with van der Waals surface area (Å²) in [5, 5.41) is 0. The lowest BCUT2D eigenvalue weighted by atomic mass is 10.1. The third-order valence-corrected chi connectivity index (χ3v) is 3.32. The van der Waals surface area contributed by atoms with E-state index >= 15 is 0 Å². The molecule has 2 rings (SSSR count). The first-order valence-electron chi connectivity index (χ1n) is 7.55. The minimum Gasteiger partial charge on any atom is -0.377 e. The average molecular weight is 319 g/mol. The van der Waals surface area contributed by atoms with Crippen LogP contribution in [0.25, 0.3) is 0 Å². The second-order valence-corrected chi connectivity index (χ2v) is 4.90. The summed E-state index contributed by atoms with van der Waals surface area (Å²) in [5.41, 5.74) is 0.917. The fourth-order valence-electron chi connectivity index (χ4n) is 2.20. The number of carbonyl (C=O) groups is 2. The third kappa shape index (κ3) is 4.72. The maximum absolute atomic E-state index is 12.1. The molecule has 6 heteroatoms. The molecule has 2 amide bonds. The molecule has 0 spiro atoms. The van der Waals surface area contributed by atoms with Crippen LogP contribution in [0.2, 0.25) is 0 Å². The molecular weight excluding hydrogens is 298 g/mol. The maximum Gasteiger partial charge on any atom is 0.261 e. The van der Waals surface area contributed by atoms with Crippen LogP contribution in [0, 0.1) is 0 Å². The van der Waals surface area contributed by atoms with Crippen molar-refractivity contribution < 1.29 is 23.8 Å². The van der Waals surface area contributed by atoms with Crippen molar-refractivity contribution >= 4 is 11.8 Å². The second-order valence-electron chi connectivity index (χ2n) is 4.90. The summed E-state index contributed by atoms with van der Waals surface area (Å²) in [7, 11) is 0. The van der Waals surface area contributed by atoms with Crippen molar-refractivity contribution in [3.05, 3.63) is 48.0 Å². The summed E-state index contributed by atoms with van der Waals surface area (Å²) in [6.07, 6.45) is 1.68. The molecule has 0 bridgehead atoms. The fourth-order valence-corrected chi connectivity index (χ4v) is 2.20. The van der Waals surface area contributed by atoms with Crippen molar-refractivity contribution in [2.45, 2.75) is 0 Å². The molecule has 124 valence electrons. The highest BCUT2D eigenvalue weighted by atomic mass is 16.5. The Bertz CT molecular complexity index is 523. The van der Waals surface area contributed by atoms with Gasteiger partial charge in [-0.25, -0.2) is 0 Å². The quantitative estimate of drug-likeness (QED) is 0.351. The molecule has 1 aromatic carbocycles. The molecule has 1 heterocycles. The largest absolute Gasteiger partial charge is 0.377 e. The molecule has 0 atom stereocenters. The van der Waals surface area contributed by atoms with Crippen molar-refractivity contribution in [2.24, 2.45) is 0 Å². The Labute approximate surface area is 135 Å². The molecule has 0 saturated carbocycles. The molecular formula is C17H21NO5. The number of ether oxygens (including phenoxy) is 3. The summed E-state index contributed by atoms with van der Waals surface area (Å²) in [6, 6.07) is 6.83. The minimum absolute atomic E-state index is 0.245. The Morgan fingerprint density at radius 1 is 0.870 bits per heavy atom. The van der Waals surface area contributed by atoms with Crippen LogP contribution in [-0.4, -0.2) is 62.9 Å². The van der Waals surface area contributed by atoms with Gasteiger partial charge in [-0.3, -0.25) is 14.5 Å². The Morgan fingerprint density at radius 2 is 1.39 bits per heavy atom. The van der Waals surface area contributed by atoms with Gasteiger partial charge in [-0.15, -0.1) is 6.58 Å². The van der Waals surface area contributed by atoms with Gasteiger partial charge in [-0.05, 0) is 12.1 Å². The molecule has 1 aliphatic heterocycles. The molecule has 1 aromatic rings. The van der Waals surface area contributed by atoms with E-state index in [0.29, 0.717) is 50.8 Å². The Balaban J connectivity index is 1.58. The predicted octanol–water partition coefficient (Wildman–Crippen LogP) is 1.52. The monoisotopic (exact) mass is 319 g/mol. The number of carbonyl (C=O) groups excluding carboxylic acids is 2. The number of fused-ring (bicyclic) bond motifs is 1. The van der Waals surface area contributed by atoms with Crippen LogP contribution in [0.15, 0.2) is 36.9 Å². The molecule has 0 fully saturated rings. The van der Waals surface area contributed by atoms with Gasteiger partial charge in [-0.1, -0.05) is 18.2 Å². The molecule has 0 saturated heterocycles. The molecule has 23 heavy (non-hydrogen) atoms. The van der Waals surface area contributed by atoms with E-state index < -0.39 is 0 Å². The normalized spacial score (nSPS) is 13.5. The zero-order chi connectivity index (χ0) is 16.5. The van der Waals surface area contributed by atoms with Crippen molar-refractivity contribution in [2.75, 3.05) is 46.2 Å². The summed E-state index contributed by atoms with van der Waals surface area (Å²) in [4.78, 5) is 25.4. The fraction of sp³-hybridized carbons (Fsp3) is 0.412. The molecule has 0 aliphatic carbocycles. The number of amides is 2. The van der Waals surface area contributed by atoms with E-state index in [2.05, 4.69) is 6.58 Å². The summed E-state index contributed by atoms with van der Waals surface area (Å²) >= 11 is 0. The van der Waals surface area contributed by atoms with Crippen LogP contribution < -0.4 is 0 Å². The van der Waals surface area contributed by atoms with Crippen molar-refractivity contribution in [1.82, 2.24) is 4.90 Å². The van der Waals surface area contributed by atoms with E-state index in [1.807, 2.05) is 0 Å². The van der Waals surface area contributed by atoms with Gasteiger partial charge in [0.1, 0.15) is 0 Å². The van der Waals surface area contributed by atoms with Gasteiger partial charge in [0.2, 0.25) is 0 Å². The van der Waals surface area contributed by atoms with E-state index in [9.17, 15) is 9.59 Å². The third-order valence-electron chi connectivity index (χ3n) is 3.32. The molecule has 6 nitrogen and oxygen atoms in total. The molecule has 1 aliphatic rings. The Morgan fingerprint density at radius 3 is 1.96 bits per heavy atom. The van der Waals surface area contributed by atoms with E-state index in [4.69, 9.17) is 14.2 Å². The van der Waals surface area contributed by atoms with Gasteiger partial charge in [0.15, 0.2) is 0 Å².